The largest absolute Gasteiger partial charge is 0.438 e. The lowest BCUT2D eigenvalue weighted by molar-refractivity contribution is 0.345. The van der Waals surface area contributed by atoms with Crippen LogP contribution in [0.1, 0.15) is 25.3 Å². The molecule has 0 heterocycles. The first-order valence-corrected chi connectivity index (χ1v) is 21.9. The van der Waals surface area contributed by atoms with Crippen LogP contribution < -0.4 is 31.1 Å². The molecule has 0 spiro atoms. The number of rotatable bonds is 14. The van der Waals surface area contributed by atoms with Crippen LogP contribution in [0, 0.1) is 0 Å². The zero-order valence-electron chi connectivity index (χ0n) is 29.8. The van der Waals surface area contributed by atoms with Gasteiger partial charge in [0, 0.05) is 0 Å². The number of hydrogen-bond acceptors (Lipinski definition) is 4. The van der Waals surface area contributed by atoms with Gasteiger partial charge in [-0.1, -0.05) is 212 Å². The molecule has 0 radical (unpaired) electrons. The van der Waals surface area contributed by atoms with Crippen molar-refractivity contribution in [3.8, 4) is 0 Å². The second kappa shape index (κ2) is 17.0. The molecule has 7 aromatic carbocycles. The van der Waals surface area contributed by atoms with E-state index < -0.39 is 16.6 Å². The van der Waals surface area contributed by atoms with E-state index in [1.54, 1.807) is 0 Å². The maximum atomic E-state index is 7.09. The van der Waals surface area contributed by atoms with Crippen LogP contribution in [-0.2, 0) is 9.05 Å². The summed E-state index contributed by atoms with van der Waals surface area (Å²) in [6.07, 6.45) is 1.25. The van der Waals surface area contributed by atoms with Crippen LogP contribution in [0.4, 0.5) is 0 Å². The van der Waals surface area contributed by atoms with Crippen molar-refractivity contribution in [2.75, 3.05) is 0 Å². The summed E-state index contributed by atoms with van der Waals surface area (Å²) in [7, 11) is -6.06. The van der Waals surface area contributed by atoms with Gasteiger partial charge in [-0.25, -0.2) is 0 Å². The van der Waals surface area contributed by atoms with Crippen LogP contribution in [-0.4, -0.2) is 28.1 Å². The highest BCUT2D eigenvalue weighted by atomic mass is 28.4. The highest BCUT2D eigenvalue weighted by Crippen LogP contribution is 2.16. The van der Waals surface area contributed by atoms with E-state index in [1.807, 2.05) is 61.5 Å². The minimum atomic E-state index is -3.07. The molecular formula is C47H42N2O2Si2. The summed E-state index contributed by atoms with van der Waals surface area (Å²) in [6.45, 7) is 2.04. The SMILES string of the molecule is CC(CCC(=NO[Si](c1ccccc1)(c1ccccc1)c1ccccc1)c1ccccc1)=NO[Si](c1ccccc1)(c1ccccc1)c1ccccc1. The van der Waals surface area contributed by atoms with E-state index in [-0.39, 0.29) is 0 Å². The smallest absolute Gasteiger partial charge is 0.380 e. The van der Waals surface area contributed by atoms with E-state index in [0.29, 0.717) is 12.8 Å². The molecule has 0 N–H and O–H groups in total. The molecule has 6 heteroatoms. The van der Waals surface area contributed by atoms with E-state index in [1.165, 1.54) is 0 Å². The van der Waals surface area contributed by atoms with Crippen molar-refractivity contribution in [1.29, 1.82) is 0 Å². The molecule has 260 valence electrons. The number of benzene rings is 7. The molecule has 53 heavy (non-hydrogen) atoms. The highest BCUT2D eigenvalue weighted by molar-refractivity contribution is 7.07. The van der Waals surface area contributed by atoms with E-state index in [0.717, 1.165) is 48.1 Å². The fourth-order valence-corrected chi connectivity index (χ4v) is 14.0. The van der Waals surface area contributed by atoms with E-state index in [2.05, 4.69) is 158 Å². The highest BCUT2D eigenvalue weighted by Gasteiger charge is 2.46. The second-order valence-electron chi connectivity index (χ2n) is 13.0. The van der Waals surface area contributed by atoms with Crippen molar-refractivity contribution in [1.82, 2.24) is 0 Å². The van der Waals surface area contributed by atoms with Gasteiger partial charge < -0.3 is 9.05 Å². The molecule has 0 unspecified atom stereocenters. The fraction of sp³-hybridized carbons (Fsp3) is 0.0638. The molecule has 0 bridgehead atoms. The van der Waals surface area contributed by atoms with E-state index >= 15 is 0 Å². The van der Waals surface area contributed by atoms with Crippen molar-refractivity contribution >= 4 is 59.2 Å². The van der Waals surface area contributed by atoms with Crippen molar-refractivity contribution < 1.29 is 9.05 Å². The topological polar surface area (TPSA) is 43.2 Å². The Kier molecular flexibility index (Phi) is 11.3. The third-order valence-electron chi connectivity index (χ3n) is 9.54. The first kappa shape index (κ1) is 35.3. The summed E-state index contributed by atoms with van der Waals surface area (Å²) in [5.41, 5.74) is 2.75. The molecule has 0 aliphatic rings. The Bertz CT molecular complexity index is 2030. The Morgan fingerprint density at radius 3 is 0.925 bits per heavy atom. The summed E-state index contributed by atoms with van der Waals surface area (Å²) < 4.78 is 14.0. The Balaban J connectivity index is 1.26. The minimum Gasteiger partial charge on any atom is -0.438 e. The van der Waals surface area contributed by atoms with Gasteiger partial charge in [0.2, 0.25) is 0 Å². The Hall–Kier alpha value is -6.09. The Morgan fingerprint density at radius 2 is 0.623 bits per heavy atom. The first-order valence-electron chi connectivity index (χ1n) is 18.1. The molecule has 7 aromatic rings. The number of hydrogen-bond donors (Lipinski definition) is 0. The molecule has 0 aliphatic heterocycles. The minimum absolute atomic E-state index is 0.613. The molecule has 0 saturated carbocycles. The van der Waals surface area contributed by atoms with Crippen LogP contribution in [0.25, 0.3) is 0 Å². The van der Waals surface area contributed by atoms with Gasteiger partial charge >= 0.3 is 16.6 Å². The molecule has 4 nitrogen and oxygen atoms in total. The third-order valence-corrected chi connectivity index (χ3v) is 17.2. The lowest BCUT2D eigenvalue weighted by Crippen LogP contribution is -2.68. The standard InChI is InChI=1S/C47H42N2O2Si2/c1-39(48-50-52(41-25-11-3-12-26-41,42-27-13-4-14-28-42)43-29-15-5-16-30-43)37-38-47(40-23-9-2-10-24-40)49-51-53(44-31-17-6-18-32-44,45-33-19-7-20-34-45)46-35-21-8-22-36-46/h2-36H,37-38H2,1H3. The number of nitrogens with zero attached hydrogens (tertiary/aromatic N) is 2. The molecule has 0 aromatic heterocycles. The quantitative estimate of drug-likeness (QED) is 0.0530. The van der Waals surface area contributed by atoms with Gasteiger partial charge in [0.1, 0.15) is 0 Å². The van der Waals surface area contributed by atoms with E-state index in [4.69, 9.17) is 19.4 Å². The Morgan fingerprint density at radius 1 is 0.358 bits per heavy atom. The van der Waals surface area contributed by atoms with Crippen LogP contribution in [0.2, 0.25) is 0 Å². The molecule has 0 aliphatic carbocycles. The third kappa shape index (κ3) is 7.75. The maximum absolute atomic E-state index is 7.09. The summed E-state index contributed by atoms with van der Waals surface area (Å²) in [4.78, 5) is 0. The van der Waals surface area contributed by atoms with Crippen LogP contribution in [0.3, 0.4) is 0 Å². The fourth-order valence-electron chi connectivity index (χ4n) is 6.84. The lowest BCUT2D eigenvalue weighted by atomic mass is 10.0. The predicted molar refractivity (Wildman–Crippen MR) is 225 cm³/mol. The summed E-state index contributed by atoms with van der Waals surface area (Å²) in [5.74, 6) is 0. The average Bonchev–Trinajstić information content (AvgIpc) is 3.25. The molecular weight excluding hydrogens is 681 g/mol. The average molecular weight is 723 g/mol. The number of oxime groups is 2. The van der Waals surface area contributed by atoms with Crippen LogP contribution >= 0.6 is 0 Å². The van der Waals surface area contributed by atoms with Gasteiger partial charge in [-0.15, -0.1) is 10.3 Å². The molecule has 7 rings (SSSR count). The summed E-state index contributed by atoms with van der Waals surface area (Å²) in [5, 5.41) is 16.8. The van der Waals surface area contributed by atoms with Gasteiger partial charge in [-0.2, -0.15) is 0 Å². The monoisotopic (exact) mass is 722 g/mol. The van der Waals surface area contributed by atoms with Crippen molar-refractivity contribution in [3.05, 3.63) is 218 Å². The van der Waals surface area contributed by atoms with Crippen LogP contribution in [0.15, 0.2) is 223 Å². The van der Waals surface area contributed by atoms with Crippen molar-refractivity contribution in [2.24, 2.45) is 10.3 Å². The van der Waals surface area contributed by atoms with Gasteiger partial charge in [-0.05, 0) is 56.4 Å². The molecule has 0 amide bonds. The molecule has 0 fully saturated rings. The zero-order chi connectivity index (χ0) is 36.2. The lowest BCUT2D eigenvalue weighted by Gasteiger charge is -2.30. The maximum Gasteiger partial charge on any atom is 0.380 e. The molecule has 0 saturated heterocycles. The van der Waals surface area contributed by atoms with Crippen LogP contribution in [0.5, 0.6) is 0 Å². The first-order chi connectivity index (χ1) is 26.2. The Labute approximate surface area is 315 Å². The summed E-state index contributed by atoms with van der Waals surface area (Å²) >= 11 is 0. The normalized spacial score (nSPS) is 12.2. The van der Waals surface area contributed by atoms with Crippen molar-refractivity contribution in [3.63, 3.8) is 0 Å². The summed E-state index contributed by atoms with van der Waals surface area (Å²) in [6, 6.07) is 73.5. The van der Waals surface area contributed by atoms with E-state index in [9.17, 15) is 0 Å². The van der Waals surface area contributed by atoms with Gasteiger partial charge in [0.05, 0.1) is 11.4 Å². The van der Waals surface area contributed by atoms with Gasteiger partial charge in [-0.3, -0.25) is 0 Å². The van der Waals surface area contributed by atoms with Gasteiger partial charge in [0.15, 0.2) is 0 Å². The van der Waals surface area contributed by atoms with Crippen molar-refractivity contribution in [2.45, 2.75) is 19.8 Å². The van der Waals surface area contributed by atoms with Gasteiger partial charge in [0.25, 0.3) is 0 Å². The molecule has 0 atom stereocenters. The zero-order valence-corrected chi connectivity index (χ0v) is 31.8. The predicted octanol–water partition coefficient (Wildman–Crippen LogP) is 6.91. The second-order valence-corrected chi connectivity index (χ2v) is 19.5.